The molecule has 1 saturated carbocycles. The summed E-state index contributed by atoms with van der Waals surface area (Å²) in [5.74, 6) is -0.434. The van der Waals surface area contributed by atoms with Gasteiger partial charge in [0.15, 0.2) is 12.0 Å². The van der Waals surface area contributed by atoms with Crippen LogP contribution in [0.1, 0.15) is 6.42 Å². The van der Waals surface area contributed by atoms with E-state index in [2.05, 4.69) is 0 Å². The molecule has 2 aliphatic rings. The number of nitrogens with zero attached hydrogens (tertiary/aromatic N) is 1. The quantitative estimate of drug-likeness (QED) is 0.551. The van der Waals surface area contributed by atoms with E-state index < -0.39 is 13.2 Å². The Hall–Kier alpha value is -0.415. The second-order valence-electron chi connectivity index (χ2n) is 3.63. The van der Waals surface area contributed by atoms with E-state index in [1.807, 2.05) is 0 Å². The first-order valence-electron chi connectivity index (χ1n) is 4.23. The molecule has 3 atom stereocenters. The lowest BCUT2D eigenvalue weighted by molar-refractivity contribution is -0.127. The average molecular weight is 171 g/mol. The zero-order chi connectivity index (χ0) is 8.88. The summed E-state index contributed by atoms with van der Waals surface area (Å²) in [6.07, 6.45) is -0.774. The van der Waals surface area contributed by atoms with Gasteiger partial charge in [-0.15, -0.1) is 0 Å². The zero-order valence-electron chi connectivity index (χ0n) is 6.90. The number of rotatable bonds is 1. The molecule has 0 amide bonds. The van der Waals surface area contributed by atoms with Gasteiger partial charge >= 0.3 is 7.05 Å². The molecule has 1 N–H and O–H groups in total. The van der Waals surface area contributed by atoms with Gasteiger partial charge < -0.3 is 9.83 Å². The fraction of sp³-hybridized carbons (Fsp3) is 0.857. The number of fused-ring (bicyclic) bond motifs is 2. The Morgan fingerprint density at radius 1 is 1.75 bits per heavy atom. The van der Waals surface area contributed by atoms with Crippen LogP contribution in [-0.2, 0) is 4.79 Å². The highest BCUT2D eigenvalue weighted by Crippen LogP contribution is 2.36. The van der Waals surface area contributed by atoms with Crippen molar-refractivity contribution >= 4 is 12.8 Å². The summed E-state index contributed by atoms with van der Waals surface area (Å²) < 4.78 is 13.1. The molecule has 0 aromatic heterocycles. The SMILES string of the molecule is CB(O)N1CC2CC1[C@H](F)C2=O. The van der Waals surface area contributed by atoms with Crippen LogP contribution in [0.4, 0.5) is 4.39 Å². The van der Waals surface area contributed by atoms with Gasteiger partial charge in [0, 0.05) is 12.0 Å². The summed E-state index contributed by atoms with van der Waals surface area (Å²) in [4.78, 5) is 12.7. The van der Waals surface area contributed by atoms with Gasteiger partial charge in [0.05, 0.1) is 0 Å². The normalized spacial score (nSPS) is 40.9. The van der Waals surface area contributed by atoms with Crippen molar-refractivity contribution in [2.24, 2.45) is 5.92 Å². The van der Waals surface area contributed by atoms with Crippen molar-refractivity contribution in [2.75, 3.05) is 6.54 Å². The summed E-state index contributed by atoms with van der Waals surface area (Å²) in [7, 11) is -0.633. The van der Waals surface area contributed by atoms with E-state index in [0.717, 1.165) is 0 Å². The maximum absolute atomic E-state index is 13.1. The maximum Gasteiger partial charge on any atom is 0.376 e. The van der Waals surface area contributed by atoms with Gasteiger partial charge in [-0.25, -0.2) is 4.39 Å². The van der Waals surface area contributed by atoms with Crippen LogP contribution in [0.2, 0.25) is 6.82 Å². The van der Waals surface area contributed by atoms with Gasteiger partial charge in [-0.05, 0) is 19.8 Å². The van der Waals surface area contributed by atoms with Gasteiger partial charge in [0.25, 0.3) is 0 Å². The Morgan fingerprint density at radius 3 is 2.83 bits per heavy atom. The Balaban J connectivity index is 2.15. The molecule has 1 aliphatic carbocycles. The standard InChI is InChI=1S/C7H11BFNO2/c1-8(12)10-3-4-2-5(10)6(9)7(4)11/h4-6,12H,2-3H2,1H3/t4?,5?,6-/m0/s1. The van der Waals surface area contributed by atoms with Crippen molar-refractivity contribution in [2.45, 2.75) is 25.5 Å². The minimum Gasteiger partial charge on any atom is -0.437 e. The minimum atomic E-state index is -1.36. The predicted molar refractivity (Wildman–Crippen MR) is 42.3 cm³/mol. The van der Waals surface area contributed by atoms with Crippen LogP contribution >= 0.6 is 0 Å². The van der Waals surface area contributed by atoms with Crippen LogP contribution in [0.25, 0.3) is 0 Å². The molecule has 2 rings (SSSR count). The highest BCUT2D eigenvalue weighted by atomic mass is 19.1. The number of halogens is 1. The van der Waals surface area contributed by atoms with Crippen molar-refractivity contribution in [3.63, 3.8) is 0 Å². The van der Waals surface area contributed by atoms with Crippen molar-refractivity contribution in [3.05, 3.63) is 0 Å². The molecule has 1 heterocycles. The number of carbonyl (C=O) groups is 1. The third-order valence-electron chi connectivity index (χ3n) is 2.88. The van der Waals surface area contributed by atoms with Crippen molar-refractivity contribution < 1.29 is 14.2 Å². The molecular formula is C7H11BFNO2. The summed E-state index contributed by atoms with van der Waals surface area (Å²) in [5, 5.41) is 9.23. The van der Waals surface area contributed by atoms with Crippen molar-refractivity contribution in [1.29, 1.82) is 0 Å². The molecule has 1 aliphatic heterocycles. The molecular weight excluding hydrogens is 160 g/mol. The molecule has 1 saturated heterocycles. The Morgan fingerprint density at radius 2 is 2.42 bits per heavy atom. The molecule has 0 aromatic carbocycles. The molecule has 5 heteroatoms. The minimum absolute atomic E-state index is 0.167. The highest BCUT2D eigenvalue weighted by molar-refractivity contribution is 6.45. The topological polar surface area (TPSA) is 40.5 Å². The van der Waals surface area contributed by atoms with E-state index in [4.69, 9.17) is 0 Å². The van der Waals surface area contributed by atoms with E-state index in [-0.39, 0.29) is 17.7 Å². The number of ketones is 1. The first-order valence-corrected chi connectivity index (χ1v) is 4.23. The molecule has 12 heavy (non-hydrogen) atoms. The fourth-order valence-corrected chi connectivity index (χ4v) is 2.23. The molecule has 2 fully saturated rings. The van der Waals surface area contributed by atoms with Gasteiger partial charge in [-0.1, -0.05) is 0 Å². The maximum atomic E-state index is 13.1. The van der Waals surface area contributed by atoms with Gasteiger partial charge in [-0.3, -0.25) is 4.79 Å². The molecule has 2 unspecified atom stereocenters. The second kappa shape index (κ2) is 2.54. The largest absolute Gasteiger partial charge is 0.437 e. The molecule has 66 valence electrons. The van der Waals surface area contributed by atoms with Crippen LogP contribution in [-0.4, -0.2) is 41.4 Å². The van der Waals surface area contributed by atoms with E-state index >= 15 is 0 Å². The van der Waals surface area contributed by atoms with E-state index in [0.29, 0.717) is 13.0 Å². The predicted octanol–water partition coefficient (Wildman–Crippen LogP) is -0.292. The first-order chi connectivity index (χ1) is 5.61. The van der Waals surface area contributed by atoms with Crippen molar-refractivity contribution in [1.82, 2.24) is 4.81 Å². The summed E-state index contributed by atoms with van der Waals surface area (Å²) in [6.45, 7) is 2.14. The third kappa shape index (κ3) is 0.928. The molecule has 0 aromatic rings. The van der Waals surface area contributed by atoms with E-state index in [1.165, 1.54) is 0 Å². The fourth-order valence-electron chi connectivity index (χ4n) is 2.23. The number of alkyl halides is 1. The monoisotopic (exact) mass is 171 g/mol. The van der Waals surface area contributed by atoms with Gasteiger partial charge in [-0.2, -0.15) is 0 Å². The lowest BCUT2D eigenvalue weighted by Crippen LogP contribution is -2.50. The number of hydrogen-bond donors (Lipinski definition) is 1. The van der Waals surface area contributed by atoms with Crippen LogP contribution in [0.15, 0.2) is 0 Å². The molecule has 3 nitrogen and oxygen atoms in total. The van der Waals surface area contributed by atoms with E-state index in [1.54, 1.807) is 11.6 Å². The second-order valence-corrected chi connectivity index (χ2v) is 3.63. The molecule has 0 spiro atoms. The average Bonchev–Trinajstić information content (AvgIpc) is 2.53. The summed E-state index contributed by atoms with van der Waals surface area (Å²) in [5.41, 5.74) is 0. The van der Waals surface area contributed by atoms with Crippen LogP contribution in [0, 0.1) is 5.92 Å². The Bertz CT molecular complexity index is 219. The van der Waals surface area contributed by atoms with Crippen molar-refractivity contribution in [3.8, 4) is 0 Å². The highest BCUT2D eigenvalue weighted by Gasteiger charge is 2.53. The van der Waals surface area contributed by atoms with Gasteiger partial charge in [0.2, 0.25) is 0 Å². The number of carbonyl (C=O) groups excluding carboxylic acids is 1. The molecule has 0 radical (unpaired) electrons. The molecule has 2 bridgehead atoms. The number of hydrogen-bond acceptors (Lipinski definition) is 3. The Labute approximate surface area is 70.7 Å². The first kappa shape index (κ1) is 8.20. The van der Waals surface area contributed by atoms with Crippen LogP contribution in [0.3, 0.4) is 0 Å². The smallest absolute Gasteiger partial charge is 0.376 e. The van der Waals surface area contributed by atoms with Crippen LogP contribution in [0.5, 0.6) is 0 Å². The number of Topliss-reactive ketones (excluding diaryl/α,β-unsaturated/α-hetero) is 1. The lowest BCUT2D eigenvalue weighted by Gasteiger charge is -2.28. The lowest BCUT2D eigenvalue weighted by atomic mass is 9.82. The summed E-state index contributed by atoms with van der Waals surface area (Å²) in [6, 6.07) is -0.359. The zero-order valence-corrected chi connectivity index (χ0v) is 6.90. The number of piperidine rings is 1. The van der Waals surface area contributed by atoms with E-state index in [9.17, 15) is 14.2 Å². The van der Waals surface area contributed by atoms with Gasteiger partial charge in [0.1, 0.15) is 0 Å². The third-order valence-corrected chi connectivity index (χ3v) is 2.88. The summed E-state index contributed by atoms with van der Waals surface area (Å²) >= 11 is 0. The van der Waals surface area contributed by atoms with Crippen LogP contribution < -0.4 is 0 Å². The Kier molecular flexibility index (Phi) is 1.73.